The highest BCUT2D eigenvalue weighted by Gasteiger charge is 2.32. The largest absolute Gasteiger partial charge is 0.388 e. The molecule has 0 saturated heterocycles. The summed E-state index contributed by atoms with van der Waals surface area (Å²) in [7, 11) is 0. The Morgan fingerprint density at radius 1 is 1.13 bits per heavy atom. The fourth-order valence-corrected chi connectivity index (χ4v) is 3.34. The van der Waals surface area contributed by atoms with Crippen LogP contribution in [0.3, 0.4) is 0 Å². The predicted octanol–water partition coefficient (Wildman–Crippen LogP) is 3.97. The molecule has 1 aliphatic rings. The van der Waals surface area contributed by atoms with Gasteiger partial charge in [-0.05, 0) is 29.5 Å². The second-order valence-electron chi connectivity index (χ2n) is 6.16. The Balaban J connectivity index is 1.99. The molecule has 1 heterocycles. The molecule has 120 valence electrons. The van der Waals surface area contributed by atoms with E-state index >= 15 is 0 Å². The van der Waals surface area contributed by atoms with Crippen molar-refractivity contribution in [3.8, 4) is 0 Å². The Hall–Kier alpha value is -2.13. The van der Waals surface area contributed by atoms with Crippen LogP contribution >= 0.6 is 0 Å². The highest BCUT2D eigenvalue weighted by atomic mass is 16.3. The van der Waals surface area contributed by atoms with Gasteiger partial charge < -0.3 is 10.4 Å². The van der Waals surface area contributed by atoms with Crippen LogP contribution in [0.15, 0.2) is 42.5 Å². The molecule has 3 heteroatoms. The first kappa shape index (κ1) is 15.8. The quantitative estimate of drug-likeness (QED) is 0.878. The maximum atomic E-state index is 12.2. The molecule has 0 spiro atoms. The van der Waals surface area contributed by atoms with Crippen LogP contribution in [0.5, 0.6) is 0 Å². The summed E-state index contributed by atoms with van der Waals surface area (Å²) in [5, 5.41) is 13.7. The van der Waals surface area contributed by atoms with Crippen LogP contribution < -0.4 is 5.32 Å². The molecule has 2 unspecified atom stereocenters. The van der Waals surface area contributed by atoms with Gasteiger partial charge in [0.2, 0.25) is 5.91 Å². The van der Waals surface area contributed by atoms with Crippen LogP contribution in [-0.4, -0.2) is 11.0 Å². The minimum atomic E-state index is -0.617. The number of benzene rings is 2. The lowest BCUT2D eigenvalue weighted by molar-refractivity contribution is -0.117. The number of carbonyl (C=O) groups excluding carboxylic acids is 1. The van der Waals surface area contributed by atoms with E-state index in [1.807, 2.05) is 43.3 Å². The van der Waals surface area contributed by atoms with E-state index in [2.05, 4.69) is 18.3 Å². The van der Waals surface area contributed by atoms with Crippen LogP contribution in [0.2, 0.25) is 0 Å². The number of carbonyl (C=O) groups is 1. The zero-order valence-electron chi connectivity index (χ0n) is 13.7. The number of nitrogens with one attached hydrogen (secondary N) is 1. The lowest BCUT2D eigenvalue weighted by atomic mass is 9.90. The third kappa shape index (κ3) is 3.02. The van der Waals surface area contributed by atoms with Crippen LogP contribution in [0.1, 0.15) is 54.5 Å². The molecule has 2 aromatic rings. The smallest absolute Gasteiger partial charge is 0.232 e. The maximum Gasteiger partial charge on any atom is 0.232 e. The second-order valence-corrected chi connectivity index (χ2v) is 6.16. The molecule has 0 fully saturated rings. The van der Waals surface area contributed by atoms with Gasteiger partial charge in [0.1, 0.15) is 0 Å². The number of hydrogen-bond acceptors (Lipinski definition) is 2. The standard InChI is InChI=1S/C20H23NO2/c1-3-13-10-16-15(4-2)20(23)21-19(16)17(11-13)18(22)12-14-8-6-5-7-9-14/h5-11,15,18,22H,3-4,12H2,1-2H3,(H,21,23). The van der Waals surface area contributed by atoms with Gasteiger partial charge in [0.15, 0.2) is 0 Å². The number of aryl methyl sites for hydroxylation is 1. The molecule has 0 radical (unpaired) electrons. The number of amides is 1. The van der Waals surface area contributed by atoms with E-state index in [9.17, 15) is 9.90 Å². The molecule has 3 rings (SSSR count). The Kier molecular flexibility index (Phi) is 4.49. The van der Waals surface area contributed by atoms with Gasteiger partial charge in [0.05, 0.1) is 17.7 Å². The minimum absolute atomic E-state index is 0.0453. The van der Waals surface area contributed by atoms with Gasteiger partial charge in [0.25, 0.3) is 0 Å². The molecule has 23 heavy (non-hydrogen) atoms. The van der Waals surface area contributed by atoms with E-state index in [1.54, 1.807) is 0 Å². The van der Waals surface area contributed by atoms with Crippen molar-refractivity contribution in [2.45, 2.75) is 45.1 Å². The molecular weight excluding hydrogens is 286 g/mol. The predicted molar refractivity (Wildman–Crippen MR) is 92.6 cm³/mol. The lowest BCUT2D eigenvalue weighted by Gasteiger charge is -2.17. The molecule has 1 aliphatic heterocycles. The van der Waals surface area contributed by atoms with Crippen LogP contribution in [0.25, 0.3) is 0 Å². The van der Waals surface area contributed by atoms with Crippen LogP contribution in [0.4, 0.5) is 5.69 Å². The molecule has 3 nitrogen and oxygen atoms in total. The first-order valence-electron chi connectivity index (χ1n) is 8.33. The summed E-state index contributed by atoms with van der Waals surface area (Å²) in [5.41, 5.74) is 4.96. The summed E-state index contributed by atoms with van der Waals surface area (Å²) in [4.78, 5) is 12.2. The zero-order chi connectivity index (χ0) is 16.4. The number of fused-ring (bicyclic) bond motifs is 1. The summed E-state index contributed by atoms with van der Waals surface area (Å²) in [6.07, 6.45) is 1.60. The third-order valence-electron chi connectivity index (χ3n) is 4.65. The molecule has 2 aromatic carbocycles. The SMILES string of the molecule is CCc1cc(C(O)Cc2ccccc2)c2c(c1)C(CC)C(=O)N2. The number of anilines is 1. The van der Waals surface area contributed by atoms with Crippen molar-refractivity contribution in [1.29, 1.82) is 0 Å². The normalized spacial score (nSPS) is 17.7. The Bertz CT molecular complexity index is 709. The van der Waals surface area contributed by atoms with E-state index in [0.717, 1.165) is 35.2 Å². The van der Waals surface area contributed by atoms with Crippen molar-refractivity contribution < 1.29 is 9.90 Å². The second kappa shape index (κ2) is 6.55. The Labute approximate surface area is 137 Å². The minimum Gasteiger partial charge on any atom is -0.388 e. The van der Waals surface area contributed by atoms with Crippen LogP contribution in [0, 0.1) is 0 Å². The first-order chi connectivity index (χ1) is 11.1. The average Bonchev–Trinajstić information content (AvgIpc) is 2.89. The van der Waals surface area contributed by atoms with E-state index in [1.165, 1.54) is 5.56 Å². The van der Waals surface area contributed by atoms with E-state index in [0.29, 0.717) is 6.42 Å². The fourth-order valence-electron chi connectivity index (χ4n) is 3.34. The number of hydrogen-bond donors (Lipinski definition) is 2. The van der Waals surface area contributed by atoms with Gasteiger partial charge in [-0.25, -0.2) is 0 Å². The molecule has 0 saturated carbocycles. The molecule has 0 aromatic heterocycles. The topological polar surface area (TPSA) is 49.3 Å². The number of rotatable bonds is 5. The van der Waals surface area contributed by atoms with E-state index in [-0.39, 0.29) is 11.8 Å². The van der Waals surface area contributed by atoms with Gasteiger partial charge >= 0.3 is 0 Å². The molecule has 0 aliphatic carbocycles. The van der Waals surface area contributed by atoms with Gasteiger partial charge in [0, 0.05) is 12.0 Å². The van der Waals surface area contributed by atoms with Crippen molar-refractivity contribution in [3.63, 3.8) is 0 Å². The summed E-state index contributed by atoms with van der Waals surface area (Å²) in [6.45, 7) is 4.12. The van der Waals surface area contributed by atoms with E-state index < -0.39 is 6.10 Å². The maximum absolute atomic E-state index is 12.2. The molecule has 2 atom stereocenters. The highest BCUT2D eigenvalue weighted by molar-refractivity contribution is 6.03. The molecule has 2 N–H and O–H groups in total. The number of aliphatic hydroxyl groups excluding tert-OH is 1. The fraction of sp³-hybridized carbons (Fsp3) is 0.350. The van der Waals surface area contributed by atoms with Gasteiger partial charge in [-0.3, -0.25) is 4.79 Å². The Morgan fingerprint density at radius 3 is 2.52 bits per heavy atom. The Morgan fingerprint density at radius 2 is 1.87 bits per heavy atom. The molecule has 0 bridgehead atoms. The molecule has 1 amide bonds. The summed E-state index contributed by atoms with van der Waals surface area (Å²) < 4.78 is 0. The van der Waals surface area contributed by atoms with Gasteiger partial charge in [-0.2, -0.15) is 0 Å². The highest BCUT2D eigenvalue weighted by Crippen LogP contribution is 2.41. The van der Waals surface area contributed by atoms with Crippen molar-refractivity contribution >= 4 is 11.6 Å². The summed E-state index contributed by atoms with van der Waals surface area (Å²) in [5.74, 6) is -0.0527. The van der Waals surface area contributed by atoms with Gasteiger partial charge in [-0.15, -0.1) is 0 Å². The monoisotopic (exact) mass is 309 g/mol. The van der Waals surface area contributed by atoms with Crippen LogP contribution in [-0.2, 0) is 17.6 Å². The number of aliphatic hydroxyl groups is 1. The van der Waals surface area contributed by atoms with E-state index in [4.69, 9.17) is 0 Å². The average molecular weight is 309 g/mol. The van der Waals surface area contributed by atoms with Crippen molar-refractivity contribution in [2.24, 2.45) is 0 Å². The van der Waals surface area contributed by atoms with Crippen molar-refractivity contribution in [3.05, 3.63) is 64.7 Å². The summed E-state index contributed by atoms with van der Waals surface area (Å²) >= 11 is 0. The lowest BCUT2D eigenvalue weighted by Crippen LogP contribution is -2.11. The third-order valence-corrected chi connectivity index (χ3v) is 4.65. The summed E-state index contributed by atoms with van der Waals surface area (Å²) in [6, 6.07) is 14.1. The first-order valence-corrected chi connectivity index (χ1v) is 8.33. The van der Waals surface area contributed by atoms with Crippen molar-refractivity contribution in [2.75, 3.05) is 5.32 Å². The van der Waals surface area contributed by atoms with Gasteiger partial charge in [-0.1, -0.05) is 56.3 Å². The molecular formula is C20H23NO2. The van der Waals surface area contributed by atoms with Crippen molar-refractivity contribution in [1.82, 2.24) is 0 Å². The zero-order valence-corrected chi connectivity index (χ0v) is 13.7.